The zero-order chi connectivity index (χ0) is 26.3. The van der Waals surface area contributed by atoms with Gasteiger partial charge in [0, 0.05) is 51.0 Å². The fourth-order valence-electron chi connectivity index (χ4n) is 5.73. The molecule has 0 aliphatic carbocycles. The average molecular weight is 509 g/mol. The summed E-state index contributed by atoms with van der Waals surface area (Å²) in [5.41, 5.74) is 0. The Labute approximate surface area is 219 Å². The third kappa shape index (κ3) is 8.40. The summed E-state index contributed by atoms with van der Waals surface area (Å²) in [7, 11) is 0. The largest absolute Gasteiger partial charge is 0.349 e. The van der Waals surface area contributed by atoms with Gasteiger partial charge in [-0.25, -0.2) is 0 Å². The van der Waals surface area contributed by atoms with E-state index >= 15 is 0 Å². The fraction of sp³-hybridized carbons (Fsp3) is 0.929. The van der Waals surface area contributed by atoms with E-state index in [0.717, 1.165) is 38.6 Å². The minimum absolute atomic E-state index is 0.0358. The van der Waals surface area contributed by atoms with Gasteiger partial charge in [0.1, 0.15) is 0 Å². The molecular weight excluding hydrogens is 456 g/mol. The molecule has 4 heterocycles. The van der Waals surface area contributed by atoms with E-state index in [4.69, 9.17) is 9.47 Å². The van der Waals surface area contributed by atoms with Gasteiger partial charge in [0.05, 0.1) is 25.8 Å². The highest BCUT2D eigenvalue weighted by molar-refractivity contribution is 5.88. The van der Waals surface area contributed by atoms with Crippen LogP contribution < -0.4 is 5.32 Å². The molecule has 4 saturated heterocycles. The molecule has 2 unspecified atom stereocenters. The molecule has 2 amide bonds. The van der Waals surface area contributed by atoms with Gasteiger partial charge in [-0.15, -0.1) is 0 Å². The summed E-state index contributed by atoms with van der Waals surface area (Å²) in [4.78, 5) is 32.1. The van der Waals surface area contributed by atoms with Crippen molar-refractivity contribution in [3.8, 4) is 0 Å². The van der Waals surface area contributed by atoms with E-state index in [1.165, 1.54) is 25.9 Å². The normalized spacial score (nSPS) is 31.8. The lowest BCUT2D eigenvalue weighted by molar-refractivity contribution is -0.303. The van der Waals surface area contributed by atoms with Crippen molar-refractivity contribution < 1.29 is 19.1 Å². The topological polar surface area (TPSA) is 74.3 Å². The number of piperidine rings is 1. The summed E-state index contributed by atoms with van der Waals surface area (Å²) in [6, 6.07) is -0.132. The maximum absolute atomic E-state index is 13.1. The van der Waals surface area contributed by atoms with Crippen molar-refractivity contribution in [3.05, 3.63) is 0 Å². The molecule has 4 aliphatic heterocycles. The van der Waals surface area contributed by atoms with Gasteiger partial charge < -0.3 is 29.5 Å². The van der Waals surface area contributed by atoms with Crippen LogP contribution in [0.25, 0.3) is 0 Å². The summed E-state index contributed by atoms with van der Waals surface area (Å²) in [6.07, 6.45) is 4.81. The van der Waals surface area contributed by atoms with Gasteiger partial charge in [-0.05, 0) is 51.1 Å². The predicted octanol–water partition coefficient (Wildman–Crippen LogP) is 2.96. The number of rotatable bonds is 6. The van der Waals surface area contributed by atoms with Crippen molar-refractivity contribution in [1.29, 1.82) is 0 Å². The van der Waals surface area contributed by atoms with Gasteiger partial charge in [0.25, 0.3) is 0 Å². The molecule has 0 bridgehead atoms. The van der Waals surface area contributed by atoms with E-state index in [1.807, 2.05) is 4.90 Å². The van der Waals surface area contributed by atoms with E-state index in [-0.39, 0.29) is 30.4 Å². The molecule has 0 aromatic carbocycles. The van der Waals surface area contributed by atoms with Crippen LogP contribution in [0.5, 0.6) is 0 Å². The standard InChI is InChI=1S/C24H42N4O4.C4H10/c1-18(2)12-21-23(30)27(11-7-25-21)15-22(29)28-10-6-24(13-19(28)3)31-16-20(17-32-24)14-26-8-4-5-9-26;1-4(2)3/h18-21,25H,4-17H2,1-3H3;4H,1-3H3. The number of carbonyl (C=O) groups is 2. The number of ether oxygens (including phenoxy) is 2. The van der Waals surface area contributed by atoms with Gasteiger partial charge in [-0.1, -0.05) is 34.6 Å². The van der Waals surface area contributed by atoms with Gasteiger partial charge in [0.2, 0.25) is 11.8 Å². The van der Waals surface area contributed by atoms with Crippen molar-refractivity contribution in [2.75, 3.05) is 59.0 Å². The molecule has 4 rings (SSSR count). The van der Waals surface area contributed by atoms with Crippen molar-refractivity contribution in [2.24, 2.45) is 17.8 Å². The lowest BCUT2D eigenvalue weighted by Gasteiger charge is -2.48. The van der Waals surface area contributed by atoms with E-state index in [0.29, 0.717) is 37.8 Å². The second kappa shape index (κ2) is 13.5. The highest BCUT2D eigenvalue weighted by Crippen LogP contribution is 2.35. The first-order valence-corrected chi connectivity index (χ1v) is 14.4. The lowest BCUT2D eigenvalue weighted by atomic mass is 9.94. The van der Waals surface area contributed by atoms with Gasteiger partial charge in [0.15, 0.2) is 5.79 Å². The number of nitrogens with zero attached hydrogens (tertiary/aromatic N) is 3. The van der Waals surface area contributed by atoms with Crippen LogP contribution in [0, 0.1) is 17.8 Å². The van der Waals surface area contributed by atoms with Crippen molar-refractivity contribution in [1.82, 2.24) is 20.0 Å². The zero-order valence-electron chi connectivity index (χ0n) is 23.8. The maximum atomic E-state index is 13.1. The number of nitrogens with one attached hydrogen (secondary N) is 1. The second-order valence-corrected chi connectivity index (χ2v) is 12.4. The second-order valence-electron chi connectivity index (χ2n) is 12.4. The van der Waals surface area contributed by atoms with Crippen LogP contribution in [0.2, 0.25) is 0 Å². The van der Waals surface area contributed by atoms with Crippen LogP contribution in [0.3, 0.4) is 0 Å². The number of amides is 2. The summed E-state index contributed by atoms with van der Waals surface area (Å²) in [6.45, 7) is 19.9. The maximum Gasteiger partial charge on any atom is 0.242 e. The molecule has 8 heteroatoms. The van der Waals surface area contributed by atoms with Crippen LogP contribution in [-0.4, -0.2) is 103 Å². The molecule has 4 aliphatic rings. The molecule has 4 fully saturated rings. The first kappa shape index (κ1) is 29.3. The lowest BCUT2D eigenvalue weighted by Crippen LogP contribution is -2.60. The Bertz CT molecular complexity index is 699. The van der Waals surface area contributed by atoms with Crippen LogP contribution in [0.1, 0.15) is 73.6 Å². The highest BCUT2D eigenvalue weighted by Gasteiger charge is 2.45. The van der Waals surface area contributed by atoms with Crippen LogP contribution in [-0.2, 0) is 19.1 Å². The van der Waals surface area contributed by atoms with Crippen LogP contribution in [0.15, 0.2) is 0 Å². The summed E-state index contributed by atoms with van der Waals surface area (Å²) < 4.78 is 12.6. The number of likely N-dealkylation sites (tertiary alicyclic amines) is 2. The monoisotopic (exact) mass is 508 g/mol. The molecule has 1 spiro atoms. The summed E-state index contributed by atoms with van der Waals surface area (Å²) in [5, 5.41) is 3.30. The molecule has 2 atom stereocenters. The van der Waals surface area contributed by atoms with Gasteiger partial charge in [-0.2, -0.15) is 0 Å². The number of hydrogen-bond acceptors (Lipinski definition) is 6. The smallest absolute Gasteiger partial charge is 0.242 e. The van der Waals surface area contributed by atoms with Gasteiger partial charge in [-0.3, -0.25) is 9.59 Å². The van der Waals surface area contributed by atoms with Crippen molar-refractivity contribution in [3.63, 3.8) is 0 Å². The Kier molecular flexibility index (Phi) is 11.0. The third-order valence-corrected chi connectivity index (χ3v) is 7.49. The molecule has 0 aromatic heterocycles. The Hall–Kier alpha value is -1.22. The Balaban J connectivity index is 0.000000840. The molecule has 36 heavy (non-hydrogen) atoms. The molecular formula is C28H52N4O4. The van der Waals surface area contributed by atoms with Crippen molar-refractivity contribution >= 4 is 11.8 Å². The summed E-state index contributed by atoms with van der Waals surface area (Å²) in [5.74, 6) is 1.25. The molecule has 0 saturated carbocycles. The molecule has 1 N–H and O–H groups in total. The molecule has 0 aromatic rings. The van der Waals surface area contributed by atoms with Crippen molar-refractivity contribution in [2.45, 2.75) is 91.5 Å². The van der Waals surface area contributed by atoms with Crippen LogP contribution >= 0.6 is 0 Å². The van der Waals surface area contributed by atoms with Crippen LogP contribution in [0.4, 0.5) is 0 Å². The quantitative estimate of drug-likeness (QED) is 0.595. The third-order valence-electron chi connectivity index (χ3n) is 7.49. The number of piperazine rings is 1. The number of hydrogen-bond donors (Lipinski definition) is 1. The minimum atomic E-state index is -0.551. The SMILES string of the molecule is CC(C)C.CC(C)CC1NCCN(CC(=O)N2CCC3(CC2C)OCC(CN2CCCC2)CO3)C1=O. The predicted molar refractivity (Wildman–Crippen MR) is 143 cm³/mol. The highest BCUT2D eigenvalue weighted by atomic mass is 16.7. The minimum Gasteiger partial charge on any atom is -0.349 e. The number of carbonyl (C=O) groups excluding carboxylic acids is 2. The average Bonchev–Trinajstić information content (AvgIpc) is 3.31. The zero-order valence-corrected chi connectivity index (χ0v) is 23.8. The van der Waals surface area contributed by atoms with E-state index in [2.05, 4.69) is 51.8 Å². The van der Waals surface area contributed by atoms with E-state index < -0.39 is 5.79 Å². The van der Waals surface area contributed by atoms with Gasteiger partial charge >= 0.3 is 0 Å². The van der Waals surface area contributed by atoms with E-state index in [1.54, 1.807) is 4.90 Å². The Morgan fingerprint density at radius 3 is 2.28 bits per heavy atom. The Morgan fingerprint density at radius 1 is 1.06 bits per heavy atom. The first-order valence-electron chi connectivity index (χ1n) is 14.4. The molecule has 208 valence electrons. The van der Waals surface area contributed by atoms with E-state index in [9.17, 15) is 9.59 Å². The summed E-state index contributed by atoms with van der Waals surface area (Å²) >= 11 is 0. The molecule has 8 nitrogen and oxygen atoms in total. The fourth-order valence-corrected chi connectivity index (χ4v) is 5.73. The molecule has 0 radical (unpaired) electrons. The first-order chi connectivity index (χ1) is 17.1. The Morgan fingerprint density at radius 2 is 1.69 bits per heavy atom.